The van der Waals surface area contributed by atoms with Crippen molar-refractivity contribution in [2.45, 2.75) is 132 Å². The predicted octanol–water partition coefficient (Wildman–Crippen LogP) is 6.71. The van der Waals surface area contributed by atoms with Gasteiger partial charge < -0.3 is 30.0 Å². The summed E-state index contributed by atoms with van der Waals surface area (Å²) in [5.74, 6) is 0.150. The van der Waals surface area contributed by atoms with Gasteiger partial charge in [0.15, 0.2) is 0 Å². The summed E-state index contributed by atoms with van der Waals surface area (Å²) < 4.78 is 19.4. The summed E-state index contributed by atoms with van der Waals surface area (Å²) in [4.78, 5) is 29.9. The summed E-state index contributed by atoms with van der Waals surface area (Å²) in [5, 5.41) is 26.6. The van der Waals surface area contributed by atoms with Crippen LogP contribution in [0.25, 0.3) is 0 Å². The molecule has 4 aliphatic carbocycles. The van der Waals surface area contributed by atoms with Crippen LogP contribution in [0.15, 0.2) is 16.6 Å². The number of nitrogens with zero attached hydrogens (tertiary/aromatic N) is 2. The summed E-state index contributed by atoms with van der Waals surface area (Å²) in [7, 11) is 0. The second-order valence-electron chi connectivity index (χ2n) is 18.9. The van der Waals surface area contributed by atoms with Crippen LogP contribution in [0, 0.1) is 68.1 Å². The number of carbonyl (C=O) groups excluding carboxylic acids is 1. The number of aliphatic carboxylic acids is 1. The molecule has 4 fully saturated rings. The zero-order chi connectivity index (χ0) is 37.1. The van der Waals surface area contributed by atoms with Gasteiger partial charge in [-0.1, -0.05) is 60.1 Å². The van der Waals surface area contributed by atoms with Gasteiger partial charge in [-0.05, 0) is 99.2 Å². The number of nitriles is 1. The fourth-order valence-corrected chi connectivity index (χ4v) is 12.1. The molecule has 2 bridgehead atoms. The zero-order valence-corrected chi connectivity index (χ0v) is 32.6. The molecule has 11 atom stereocenters. The van der Waals surface area contributed by atoms with Crippen LogP contribution in [0.5, 0.6) is 0 Å². The third-order valence-electron chi connectivity index (χ3n) is 14.7. The maximum absolute atomic E-state index is 13.4. The predicted molar refractivity (Wildman–Crippen MR) is 193 cm³/mol. The third kappa shape index (κ3) is 6.16. The lowest BCUT2D eigenvalue weighted by Crippen LogP contribution is -2.70. The molecule has 1 heterocycles. The summed E-state index contributed by atoms with van der Waals surface area (Å²) >= 11 is 0. The number of hydrogen-bond acceptors (Lipinski definition) is 7. The van der Waals surface area contributed by atoms with Gasteiger partial charge in [0.05, 0.1) is 25.7 Å². The van der Waals surface area contributed by atoms with Crippen LogP contribution in [0.4, 0.5) is 0 Å². The molecule has 0 aromatic rings. The van der Waals surface area contributed by atoms with Gasteiger partial charge in [-0.15, -0.1) is 4.99 Å². The Labute approximate surface area is 300 Å². The molecule has 0 aromatic heterocycles. The fourth-order valence-electron chi connectivity index (χ4n) is 12.1. The monoisotopic (exact) mass is 696 g/mol. The van der Waals surface area contributed by atoms with Gasteiger partial charge >= 0.3 is 11.9 Å². The Morgan fingerprint density at radius 1 is 1.12 bits per heavy atom. The number of carboxylic acids is 1. The van der Waals surface area contributed by atoms with E-state index < -0.39 is 28.8 Å². The van der Waals surface area contributed by atoms with E-state index in [0.29, 0.717) is 44.7 Å². The number of fused-ring (bicyclic) bond motifs is 3. The van der Waals surface area contributed by atoms with Crippen molar-refractivity contribution in [2.75, 3.05) is 26.4 Å². The van der Waals surface area contributed by atoms with Crippen molar-refractivity contribution in [2.24, 2.45) is 61.7 Å². The van der Waals surface area contributed by atoms with Crippen molar-refractivity contribution in [3.63, 3.8) is 0 Å². The zero-order valence-electron chi connectivity index (χ0n) is 32.6. The van der Waals surface area contributed by atoms with E-state index in [-0.39, 0.29) is 51.6 Å². The molecular formula is C40H64N4O6. The van der Waals surface area contributed by atoms with Crippen molar-refractivity contribution in [3.05, 3.63) is 11.6 Å². The molecule has 10 heteroatoms. The van der Waals surface area contributed by atoms with Crippen LogP contribution in [0.1, 0.15) is 115 Å². The van der Waals surface area contributed by atoms with Crippen molar-refractivity contribution < 1.29 is 28.9 Å². The van der Waals surface area contributed by atoms with Crippen molar-refractivity contribution in [3.8, 4) is 6.19 Å². The first-order valence-electron chi connectivity index (χ1n) is 19.0. The minimum atomic E-state index is -0.659. The highest BCUT2D eigenvalue weighted by atomic mass is 16.6. The SMILES string of the molecule is CC(=O)O[C@@H]1C[C@@]23COC[C@@](C)(C2CC[C@H]2C3=CC[C@@]3(C)[C@H](C(=O)O)[C@@](C)([C@H](C)C(C)C)CC[C@]23C)[C@H]1OCCN/C(=N\C#N)NC(C)(C)C. The average Bonchev–Trinajstić information content (AvgIpc) is 2.99. The van der Waals surface area contributed by atoms with E-state index in [4.69, 9.17) is 14.2 Å². The van der Waals surface area contributed by atoms with E-state index in [2.05, 4.69) is 70.2 Å². The van der Waals surface area contributed by atoms with E-state index in [1.54, 1.807) is 0 Å². The third-order valence-corrected chi connectivity index (χ3v) is 14.7. The van der Waals surface area contributed by atoms with E-state index in [9.17, 15) is 20.0 Å². The van der Waals surface area contributed by atoms with Crippen molar-refractivity contribution >= 4 is 17.9 Å². The minimum absolute atomic E-state index is 0.191. The molecule has 5 rings (SSSR count). The lowest BCUT2D eigenvalue weighted by Gasteiger charge is -2.71. The molecule has 0 radical (unpaired) electrons. The number of carboxylic acid groups (broad SMARTS) is 1. The molecule has 3 N–H and O–H groups in total. The van der Waals surface area contributed by atoms with Gasteiger partial charge in [0, 0.05) is 29.8 Å². The van der Waals surface area contributed by atoms with E-state index in [1.807, 2.05) is 27.0 Å². The standard InChI is InChI=1S/C40H64N4O6/c1-24(2)25(3)36(8)16-17-38(10)27-12-13-30-37(9)21-48-22-40(30,28(27)14-15-39(38,11)31(36)33(46)47)20-29(50-26(4)45)32(37)49-19-18-42-34(43-23-41)44-35(5,6)7/h14,24-25,27,29-32H,12-13,15-22H2,1-11H3,(H,46,47)(H2,42,43,44)/t25-,27+,29-,30?,31-,32+,36-,37+,38-,39+,40+/m1/s1. The van der Waals surface area contributed by atoms with Gasteiger partial charge in [-0.2, -0.15) is 5.26 Å². The lowest BCUT2D eigenvalue weighted by molar-refractivity contribution is -0.266. The highest BCUT2D eigenvalue weighted by Crippen LogP contribution is 2.75. The molecule has 1 saturated heterocycles. The maximum atomic E-state index is 13.4. The summed E-state index contributed by atoms with van der Waals surface area (Å²) in [6, 6.07) is 0. The molecule has 0 spiro atoms. The number of hydrogen-bond donors (Lipinski definition) is 3. The van der Waals surface area contributed by atoms with E-state index in [1.165, 1.54) is 12.5 Å². The summed E-state index contributed by atoms with van der Waals surface area (Å²) in [5.41, 5.74) is -0.468. The molecular weight excluding hydrogens is 632 g/mol. The largest absolute Gasteiger partial charge is 0.481 e. The lowest BCUT2D eigenvalue weighted by atomic mass is 9.34. The Kier molecular flexibility index (Phi) is 10.3. The number of ether oxygens (including phenoxy) is 3. The number of nitrogens with one attached hydrogen (secondary N) is 2. The Hall–Kier alpha value is -2.64. The number of aliphatic imine (C=N–C) groups is 1. The molecule has 280 valence electrons. The Morgan fingerprint density at radius 2 is 1.82 bits per heavy atom. The van der Waals surface area contributed by atoms with Crippen LogP contribution in [0.2, 0.25) is 0 Å². The molecule has 1 unspecified atom stereocenters. The van der Waals surface area contributed by atoms with E-state index >= 15 is 0 Å². The molecule has 0 amide bonds. The van der Waals surface area contributed by atoms with Crippen LogP contribution >= 0.6 is 0 Å². The smallest absolute Gasteiger partial charge is 0.307 e. The second-order valence-corrected chi connectivity index (χ2v) is 18.9. The molecule has 1 aliphatic heterocycles. The first-order valence-corrected chi connectivity index (χ1v) is 19.0. The van der Waals surface area contributed by atoms with Crippen LogP contribution < -0.4 is 10.6 Å². The highest BCUT2D eigenvalue weighted by Gasteiger charge is 2.72. The minimum Gasteiger partial charge on any atom is -0.481 e. The van der Waals surface area contributed by atoms with Gasteiger partial charge in [0.2, 0.25) is 12.2 Å². The molecule has 3 saturated carbocycles. The van der Waals surface area contributed by atoms with Gasteiger partial charge in [-0.3, -0.25) is 9.59 Å². The molecule has 0 aromatic carbocycles. The van der Waals surface area contributed by atoms with Crippen molar-refractivity contribution in [1.82, 2.24) is 10.6 Å². The summed E-state index contributed by atoms with van der Waals surface area (Å²) in [6.07, 6.45) is 8.68. The average molecular weight is 697 g/mol. The number of guanidine groups is 1. The second kappa shape index (κ2) is 13.4. The number of esters is 1. The molecule has 5 aliphatic rings. The number of rotatable bonds is 8. The van der Waals surface area contributed by atoms with Gasteiger partial charge in [0.25, 0.3) is 0 Å². The Morgan fingerprint density at radius 3 is 2.42 bits per heavy atom. The highest BCUT2D eigenvalue weighted by molar-refractivity contribution is 5.81. The van der Waals surface area contributed by atoms with E-state index in [0.717, 1.165) is 32.1 Å². The van der Waals surface area contributed by atoms with Crippen LogP contribution in [-0.2, 0) is 23.8 Å². The van der Waals surface area contributed by atoms with Crippen LogP contribution in [-0.4, -0.2) is 67.1 Å². The van der Waals surface area contributed by atoms with Gasteiger partial charge in [0.1, 0.15) is 12.2 Å². The Balaban J connectivity index is 1.47. The number of allylic oxidation sites excluding steroid dienone is 1. The Bertz CT molecular complexity index is 1430. The number of carbonyl (C=O) groups is 2. The first-order chi connectivity index (χ1) is 23.2. The quantitative estimate of drug-likeness (QED) is 0.0631. The normalized spacial score (nSPS) is 41.8. The maximum Gasteiger partial charge on any atom is 0.307 e. The fraction of sp³-hybridized carbons (Fsp3) is 0.850. The summed E-state index contributed by atoms with van der Waals surface area (Å²) in [6.45, 7) is 25.2. The van der Waals surface area contributed by atoms with Gasteiger partial charge in [-0.25, -0.2) is 0 Å². The van der Waals surface area contributed by atoms with Crippen molar-refractivity contribution in [1.29, 1.82) is 5.26 Å². The molecule has 10 nitrogen and oxygen atoms in total. The van der Waals surface area contributed by atoms with Crippen LogP contribution in [0.3, 0.4) is 0 Å². The molecule has 50 heavy (non-hydrogen) atoms. The first kappa shape index (κ1) is 38.6. The topological polar surface area (TPSA) is 142 Å².